The van der Waals surface area contributed by atoms with Crippen LogP contribution in [0.3, 0.4) is 0 Å². The van der Waals surface area contributed by atoms with Gasteiger partial charge in [0, 0.05) is 12.6 Å². The highest BCUT2D eigenvalue weighted by atomic mass is 19.4. The van der Waals surface area contributed by atoms with Crippen LogP contribution in [0.5, 0.6) is 0 Å². The second kappa shape index (κ2) is 3.56. The van der Waals surface area contributed by atoms with E-state index in [4.69, 9.17) is 5.11 Å². The van der Waals surface area contributed by atoms with E-state index in [0.717, 1.165) is 13.2 Å². The molecule has 0 aliphatic carbocycles. The first-order valence-corrected chi connectivity index (χ1v) is 4.07. The summed E-state index contributed by atoms with van der Waals surface area (Å²) in [6.07, 6.45) is -3.66. The predicted molar refractivity (Wildman–Crippen MR) is 44.3 cm³/mol. The fourth-order valence-corrected chi connectivity index (χ4v) is 1.25. The van der Waals surface area contributed by atoms with Crippen LogP contribution >= 0.6 is 0 Å². The van der Waals surface area contributed by atoms with E-state index in [1.807, 2.05) is 0 Å². The summed E-state index contributed by atoms with van der Waals surface area (Å²) in [4.78, 5) is 10.6. The molecule has 1 aromatic rings. The van der Waals surface area contributed by atoms with Crippen LogP contribution in [0.1, 0.15) is 24.1 Å². The van der Waals surface area contributed by atoms with E-state index in [2.05, 4.69) is 5.10 Å². The molecular weight excluding hydrogens is 213 g/mol. The van der Waals surface area contributed by atoms with Gasteiger partial charge in [-0.25, -0.2) is 0 Å². The molecule has 0 radical (unpaired) electrons. The third kappa shape index (κ3) is 2.11. The molecular formula is C8H9F3N2O2. The minimum Gasteiger partial charge on any atom is -0.481 e. The molecule has 1 atom stereocenters. The van der Waals surface area contributed by atoms with Crippen molar-refractivity contribution >= 4 is 5.97 Å². The lowest BCUT2D eigenvalue weighted by atomic mass is 10.0. The number of carboxylic acid groups (broad SMARTS) is 1. The SMILES string of the molecule is CC(C(=O)O)c1cnn(C)c1C(F)(F)F. The number of alkyl halides is 3. The predicted octanol–water partition coefficient (Wildman–Crippen LogP) is 1.63. The highest BCUT2D eigenvalue weighted by molar-refractivity contribution is 5.75. The topological polar surface area (TPSA) is 55.1 Å². The minimum absolute atomic E-state index is 0.322. The average Bonchev–Trinajstić information content (AvgIpc) is 2.44. The Morgan fingerprint density at radius 3 is 2.53 bits per heavy atom. The van der Waals surface area contributed by atoms with Crippen molar-refractivity contribution in [2.24, 2.45) is 7.05 Å². The number of carbonyl (C=O) groups is 1. The van der Waals surface area contributed by atoms with Gasteiger partial charge in [-0.15, -0.1) is 0 Å². The molecule has 0 fully saturated rings. The van der Waals surface area contributed by atoms with Gasteiger partial charge in [-0.3, -0.25) is 9.48 Å². The van der Waals surface area contributed by atoms with Crippen molar-refractivity contribution in [3.05, 3.63) is 17.5 Å². The van der Waals surface area contributed by atoms with E-state index in [0.29, 0.717) is 4.68 Å². The Morgan fingerprint density at radius 2 is 2.13 bits per heavy atom. The zero-order valence-electron chi connectivity index (χ0n) is 8.04. The number of aromatic nitrogens is 2. The third-order valence-corrected chi connectivity index (χ3v) is 2.07. The molecule has 0 aromatic carbocycles. The average molecular weight is 222 g/mol. The van der Waals surface area contributed by atoms with E-state index in [1.165, 1.54) is 6.92 Å². The smallest absolute Gasteiger partial charge is 0.433 e. The van der Waals surface area contributed by atoms with E-state index in [1.54, 1.807) is 0 Å². The van der Waals surface area contributed by atoms with E-state index < -0.39 is 23.8 Å². The van der Waals surface area contributed by atoms with Gasteiger partial charge >= 0.3 is 12.1 Å². The molecule has 0 spiro atoms. The molecule has 1 N–H and O–H groups in total. The van der Waals surface area contributed by atoms with Gasteiger partial charge < -0.3 is 5.11 Å². The Labute approximate surface area is 83.3 Å². The summed E-state index contributed by atoms with van der Waals surface area (Å²) in [5.74, 6) is -2.54. The van der Waals surface area contributed by atoms with E-state index in [9.17, 15) is 18.0 Å². The molecule has 0 bridgehead atoms. The van der Waals surface area contributed by atoms with Crippen LogP contribution in [-0.4, -0.2) is 20.9 Å². The van der Waals surface area contributed by atoms with Crippen molar-refractivity contribution in [3.8, 4) is 0 Å². The monoisotopic (exact) mass is 222 g/mol. The van der Waals surface area contributed by atoms with Crippen LogP contribution in [0.15, 0.2) is 6.20 Å². The maximum atomic E-state index is 12.5. The second-order valence-electron chi connectivity index (χ2n) is 3.13. The number of hydrogen-bond donors (Lipinski definition) is 1. The Kier molecular flexibility index (Phi) is 2.74. The van der Waals surface area contributed by atoms with Gasteiger partial charge in [0.05, 0.1) is 12.1 Å². The fraction of sp³-hybridized carbons (Fsp3) is 0.500. The molecule has 0 aliphatic heterocycles. The Bertz CT molecular complexity index is 384. The summed E-state index contributed by atoms with van der Waals surface area (Å²) in [6, 6.07) is 0. The maximum Gasteiger partial charge on any atom is 0.433 e. The summed E-state index contributed by atoms with van der Waals surface area (Å²) in [6.45, 7) is 1.19. The lowest BCUT2D eigenvalue weighted by Crippen LogP contribution is -2.17. The molecule has 84 valence electrons. The largest absolute Gasteiger partial charge is 0.481 e. The second-order valence-corrected chi connectivity index (χ2v) is 3.13. The standard InChI is InChI=1S/C8H9F3N2O2/c1-4(7(14)15)5-3-12-13(2)6(5)8(9,10)11/h3-4H,1-2H3,(H,14,15). The highest BCUT2D eigenvalue weighted by Gasteiger charge is 2.39. The van der Waals surface area contributed by atoms with Crippen LogP contribution in [-0.2, 0) is 18.0 Å². The van der Waals surface area contributed by atoms with Crippen LogP contribution in [0, 0.1) is 0 Å². The zero-order chi connectivity index (χ0) is 11.8. The molecule has 7 heteroatoms. The lowest BCUT2D eigenvalue weighted by molar-refractivity contribution is -0.145. The lowest BCUT2D eigenvalue weighted by Gasteiger charge is -2.11. The number of halogens is 3. The van der Waals surface area contributed by atoms with E-state index >= 15 is 0 Å². The molecule has 0 saturated carbocycles. The van der Waals surface area contributed by atoms with Gasteiger partial charge in [-0.05, 0) is 6.92 Å². The molecule has 0 aliphatic rings. The molecule has 1 heterocycles. The number of hydrogen-bond acceptors (Lipinski definition) is 2. The number of rotatable bonds is 2. The van der Waals surface area contributed by atoms with Gasteiger partial charge in [0.1, 0.15) is 5.69 Å². The normalized spacial score (nSPS) is 13.9. The number of carboxylic acids is 1. The summed E-state index contributed by atoms with van der Waals surface area (Å²) in [5, 5.41) is 12.1. The zero-order valence-corrected chi connectivity index (χ0v) is 8.04. The molecule has 0 amide bonds. The Hall–Kier alpha value is -1.53. The first-order chi connectivity index (χ1) is 6.75. The Morgan fingerprint density at radius 1 is 1.60 bits per heavy atom. The van der Waals surface area contributed by atoms with Crippen LogP contribution in [0.4, 0.5) is 13.2 Å². The highest BCUT2D eigenvalue weighted by Crippen LogP contribution is 2.34. The summed E-state index contributed by atoms with van der Waals surface area (Å²) < 4.78 is 38.2. The van der Waals surface area contributed by atoms with Crippen LogP contribution in [0.2, 0.25) is 0 Å². The van der Waals surface area contributed by atoms with E-state index in [-0.39, 0.29) is 5.56 Å². The minimum atomic E-state index is -4.59. The van der Waals surface area contributed by atoms with Crippen molar-refractivity contribution < 1.29 is 23.1 Å². The number of nitrogens with zero attached hydrogens (tertiary/aromatic N) is 2. The van der Waals surface area contributed by atoms with Gasteiger partial charge in [-0.1, -0.05) is 0 Å². The van der Waals surface area contributed by atoms with Crippen molar-refractivity contribution in [1.29, 1.82) is 0 Å². The Balaban J connectivity index is 3.27. The maximum absolute atomic E-state index is 12.5. The molecule has 1 aromatic heterocycles. The van der Waals surface area contributed by atoms with Crippen molar-refractivity contribution in [1.82, 2.24) is 9.78 Å². The fourth-order valence-electron chi connectivity index (χ4n) is 1.25. The number of aliphatic carboxylic acids is 1. The molecule has 4 nitrogen and oxygen atoms in total. The van der Waals surface area contributed by atoms with Crippen molar-refractivity contribution in [2.45, 2.75) is 19.0 Å². The summed E-state index contributed by atoms with van der Waals surface area (Å²) in [7, 11) is 1.13. The quantitative estimate of drug-likeness (QED) is 0.827. The number of aryl methyl sites for hydroxylation is 1. The first-order valence-electron chi connectivity index (χ1n) is 4.07. The van der Waals surface area contributed by atoms with Crippen LogP contribution < -0.4 is 0 Å². The first kappa shape index (κ1) is 11.5. The van der Waals surface area contributed by atoms with Gasteiger partial charge in [-0.2, -0.15) is 18.3 Å². The van der Waals surface area contributed by atoms with Crippen LogP contribution in [0.25, 0.3) is 0 Å². The molecule has 1 rings (SSSR count). The molecule has 15 heavy (non-hydrogen) atoms. The summed E-state index contributed by atoms with van der Waals surface area (Å²) in [5.41, 5.74) is -1.34. The van der Waals surface area contributed by atoms with Crippen molar-refractivity contribution in [3.63, 3.8) is 0 Å². The van der Waals surface area contributed by atoms with Gasteiger partial charge in [0.15, 0.2) is 0 Å². The molecule has 1 unspecified atom stereocenters. The van der Waals surface area contributed by atoms with Gasteiger partial charge in [0.25, 0.3) is 0 Å². The summed E-state index contributed by atoms with van der Waals surface area (Å²) >= 11 is 0. The van der Waals surface area contributed by atoms with Gasteiger partial charge in [0.2, 0.25) is 0 Å². The molecule has 0 saturated heterocycles. The van der Waals surface area contributed by atoms with Crippen molar-refractivity contribution in [2.75, 3.05) is 0 Å². The third-order valence-electron chi connectivity index (χ3n) is 2.07.